The zero-order valence-corrected chi connectivity index (χ0v) is 22.2. The average Bonchev–Trinajstić information content (AvgIpc) is 2.71. The number of carbonyl (C=O) groups is 2. The highest BCUT2D eigenvalue weighted by atomic mass is 35.5. The molecule has 186 valence electrons. The fourth-order valence-electron chi connectivity index (χ4n) is 3.51. The molecule has 2 rings (SSSR count). The lowest BCUT2D eigenvalue weighted by Crippen LogP contribution is -2.55. The zero-order chi connectivity index (χ0) is 25.7. The number of nitrogens with zero attached hydrogens (tertiary/aromatic N) is 2. The topological polar surface area (TPSA) is 86.8 Å². The van der Waals surface area contributed by atoms with Crippen molar-refractivity contribution in [1.82, 2.24) is 10.2 Å². The van der Waals surface area contributed by atoms with E-state index < -0.39 is 34.1 Å². The highest BCUT2D eigenvalue weighted by molar-refractivity contribution is 7.92. The monoisotopic (exact) mass is 507 g/mol. The third kappa shape index (κ3) is 7.74. The van der Waals surface area contributed by atoms with Gasteiger partial charge in [0.25, 0.3) is 0 Å². The molecule has 0 fully saturated rings. The van der Waals surface area contributed by atoms with Gasteiger partial charge in [-0.15, -0.1) is 0 Å². The molecule has 9 heteroatoms. The van der Waals surface area contributed by atoms with Gasteiger partial charge in [-0.05, 0) is 57.9 Å². The van der Waals surface area contributed by atoms with Crippen LogP contribution in [-0.2, 0) is 26.2 Å². The summed E-state index contributed by atoms with van der Waals surface area (Å²) in [6.07, 6.45) is 1.41. The predicted molar refractivity (Wildman–Crippen MR) is 137 cm³/mol. The van der Waals surface area contributed by atoms with Gasteiger partial charge in [0.05, 0.1) is 11.9 Å². The minimum atomic E-state index is -3.76. The maximum atomic E-state index is 13.6. The summed E-state index contributed by atoms with van der Waals surface area (Å²) in [5.41, 5.74) is 1.52. The molecule has 1 N–H and O–H groups in total. The Balaban J connectivity index is 2.46. The Hall–Kier alpha value is -2.58. The highest BCUT2D eigenvalue weighted by Crippen LogP contribution is 2.23. The molecule has 7 nitrogen and oxygen atoms in total. The van der Waals surface area contributed by atoms with E-state index in [-0.39, 0.29) is 12.5 Å². The van der Waals surface area contributed by atoms with Crippen molar-refractivity contribution in [2.75, 3.05) is 17.1 Å². The molecule has 0 aliphatic heterocycles. The van der Waals surface area contributed by atoms with Crippen LogP contribution in [0.15, 0.2) is 48.5 Å². The van der Waals surface area contributed by atoms with E-state index in [0.717, 1.165) is 16.1 Å². The zero-order valence-electron chi connectivity index (χ0n) is 20.6. The van der Waals surface area contributed by atoms with E-state index in [4.69, 9.17) is 11.6 Å². The number of aryl methyl sites for hydroxylation is 1. The number of sulfonamides is 1. The quantitative estimate of drug-likeness (QED) is 0.552. The number of amides is 2. The summed E-state index contributed by atoms with van der Waals surface area (Å²) in [7, 11) is -3.76. The normalized spacial score (nSPS) is 12.7. The van der Waals surface area contributed by atoms with Crippen LogP contribution < -0.4 is 9.62 Å². The number of halogens is 1. The Labute approximate surface area is 208 Å². The van der Waals surface area contributed by atoms with Crippen molar-refractivity contribution < 1.29 is 18.0 Å². The van der Waals surface area contributed by atoms with Crippen molar-refractivity contribution in [1.29, 1.82) is 0 Å². The summed E-state index contributed by atoms with van der Waals surface area (Å²) in [6, 6.07) is 13.2. The standard InChI is InChI=1S/C25H34ClN3O4S/c1-7-22(24(31)27-25(3,4)5)28(16-19-10-8-9-11-21(19)26)23(30)17-29(34(6,32)33)20-14-12-18(2)13-15-20/h8-15,22H,7,16-17H2,1-6H3,(H,27,31)/t22-/m0/s1. The van der Waals surface area contributed by atoms with Crippen LogP contribution in [0.1, 0.15) is 45.2 Å². The first-order chi connectivity index (χ1) is 15.7. The first-order valence-corrected chi connectivity index (χ1v) is 13.3. The molecule has 0 saturated carbocycles. The van der Waals surface area contributed by atoms with Crippen molar-refractivity contribution in [2.45, 2.75) is 59.2 Å². The van der Waals surface area contributed by atoms with Crippen LogP contribution >= 0.6 is 11.6 Å². The van der Waals surface area contributed by atoms with E-state index in [2.05, 4.69) is 5.32 Å². The molecule has 0 aliphatic carbocycles. The van der Waals surface area contributed by atoms with Crippen molar-refractivity contribution in [3.8, 4) is 0 Å². The third-order valence-electron chi connectivity index (χ3n) is 5.18. The van der Waals surface area contributed by atoms with Gasteiger partial charge in [-0.1, -0.05) is 54.4 Å². The van der Waals surface area contributed by atoms with Crippen molar-refractivity contribution in [2.24, 2.45) is 0 Å². The van der Waals surface area contributed by atoms with E-state index in [0.29, 0.717) is 22.7 Å². The summed E-state index contributed by atoms with van der Waals surface area (Å²) in [5.74, 6) is -0.807. The second-order valence-corrected chi connectivity index (χ2v) is 11.7. The fourth-order valence-corrected chi connectivity index (χ4v) is 4.55. The summed E-state index contributed by atoms with van der Waals surface area (Å²) in [4.78, 5) is 28.2. The molecular weight excluding hydrogens is 474 g/mol. The first kappa shape index (κ1) is 27.7. The molecule has 2 amide bonds. The number of anilines is 1. The number of hydrogen-bond acceptors (Lipinski definition) is 4. The number of rotatable bonds is 9. The second-order valence-electron chi connectivity index (χ2n) is 9.38. The maximum Gasteiger partial charge on any atom is 0.244 e. The van der Waals surface area contributed by atoms with Crippen LogP contribution in [0.4, 0.5) is 5.69 Å². The molecule has 0 unspecified atom stereocenters. The summed E-state index contributed by atoms with van der Waals surface area (Å²) in [5, 5.41) is 3.39. The lowest BCUT2D eigenvalue weighted by atomic mass is 10.1. The molecule has 34 heavy (non-hydrogen) atoms. The fraction of sp³-hybridized carbons (Fsp3) is 0.440. The third-order valence-corrected chi connectivity index (χ3v) is 6.69. The van der Waals surface area contributed by atoms with E-state index in [1.54, 1.807) is 48.5 Å². The van der Waals surface area contributed by atoms with Crippen LogP contribution in [-0.4, -0.2) is 49.5 Å². The van der Waals surface area contributed by atoms with Gasteiger partial charge >= 0.3 is 0 Å². The lowest BCUT2D eigenvalue weighted by molar-refractivity contribution is -0.141. The van der Waals surface area contributed by atoms with Crippen molar-refractivity contribution in [3.05, 3.63) is 64.7 Å². The van der Waals surface area contributed by atoms with Crippen LogP contribution in [0.5, 0.6) is 0 Å². The van der Waals surface area contributed by atoms with Crippen molar-refractivity contribution >= 4 is 39.1 Å². The summed E-state index contributed by atoms with van der Waals surface area (Å²) >= 11 is 6.35. The summed E-state index contributed by atoms with van der Waals surface area (Å²) < 4.78 is 26.3. The Bertz CT molecular complexity index is 1110. The Kier molecular flexibility index (Phi) is 9.14. The molecule has 2 aromatic carbocycles. The van der Waals surface area contributed by atoms with Gasteiger partial charge in [0.15, 0.2) is 0 Å². The SMILES string of the molecule is CC[C@@H](C(=O)NC(C)(C)C)N(Cc1ccccc1Cl)C(=O)CN(c1ccc(C)cc1)S(C)(=O)=O. The molecule has 0 aliphatic rings. The average molecular weight is 508 g/mol. The predicted octanol–water partition coefficient (Wildman–Crippen LogP) is 4.14. The summed E-state index contributed by atoms with van der Waals surface area (Å²) in [6.45, 7) is 8.92. The Morgan fingerprint density at radius 3 is 2.15 bits per heavy atom. The first-order valence-electron chi connectivity index (χ1n) is 11.1. The minimum absolute atomic E-state index is 0.0695. The molecular formula is C25H34ClN3O4S. The van der Waals surface area contributed by atoms with E-state index in [1.807, 2.05) is 34.6 Å². The number of nitrogens with one attached hydrogen (secondary N) is 1. The van der Waals surface area contributed by atoms with Crippen LogP contribution in [0.3, 0.4) is 0 Å². The van der Waals surface area contributed by atoms with E-state index in [1.165, 1.54) is 4.90 Å². The molecule has 0 aromatic heterocycles. The number of benzene rings is 2. The second kappa shape index (κ2) is 11.2. The maximum absolute atomic E-state index is 13.6. The van der Waals surface area contributed by atoms with Gasteiger partial charge in [0, 0.05) is 17.1 Å². The van der Waals surface area contributed by atoms with Gasteiger partial charge in [-0.3, -0.25) is 13.9 Å². The van der Waals surface area contributed by atoms with Crippen LogP contribution in [0.25, 0.3) is 0 Å². The molecule has 2 aromatic rings. The van der Waals surface area contributed by atoms with Gasteiger partial charge in [-0.2, -0.15) is 0 Å². The van der Waals surface area contributed by atoms with Crippen molar-refractivity contribution in [3.63, 3.8) is 0 Å². The number of carbonyl (C=O) groups excluding carboxylic acids is 2. The Morgan fingerprint density at radius 1 is 1.06 bits per heavy atom. The van der Waals surface area contributed by atoms with E-state index in [9.17, 15) is 18.0 Å². The lowest BCUT2D eigenvalue weighted by Gasteiger charge is -2.34. The molecule has 0 radical (unpaired) electrons. The largest absolute Gasteiger partial charge is 0.350 e. The van der Waals surface area contributed by atoms with Gasteiger partial charge in [0.2, 0.25) is 21.8 Å². The van der Waals surface area contributed by atoms with Gasteiger partial charge in [0.1, 0.15) is 12.6 Å². The minimum Gasteiger partial charge on any atom is -0.350 e. The molecule has 1 atom stereocenters. The van der Waals surface area contributed by atoms with E-state index >= 15 is 0 Å². The van der Waals surface area contributed by atoms with Gasteiger partial charge < -0.3 is 10.2 Å². The van der Waals surface area contributed by atoms with Gasteiger partial charge in [-0.25, -0.2) is 8.42 Å². The molecule has 0 bridgehead atoms. The molecule has 0 saturated heterocycles. The van der Waals surface area contributed by atoms with Crippen LogP contribution in [0.2, 0.25) is 5.02 Å². The smallest absolute Gasteiger partial charge is 0.244 e. The number of hydrogen-bond donors (Lipinski definition) is 1. The highest BCUT2D eigenvalue weighted by Gasteiger charge is 2.33. The van der Waals surface area contributed by atoms with Crippen LogP contribution in [0, 0.1) is 6.92 Å². The Morgan fingerprint density at radius 2 is 1.65 bits per heavy atom. The molecule has 0 heterocycles. The molecule has 0 spiro atoms.